The molecule has 0 spiro atoms. The molecule has 0 saturated carbocycles. The molecule has 4 heterocycles. The lowest BCUT2D eigenvalue weighted by molar-refractivity contribution is -0.270. The summed E-state index contributed by atoms with van der Waals surface area (Å²) in [5.74, 6) is -3.54. The zero-order valence-corrected chi connectivity index (χ0v) is 30.5. The number of anilines is 1. The molecule has 12 atom stereocenters. The molecule has 286 valence electrons. The Morgan fingerprint density at radius 3 is 2.25 bits per heavy atom. The van der Waals surface area contributed by atoms with Crippen molar-refractivity contribution in [3.8, 4) is 0 Å². The number of phosphoric acid groups is 2. The van der Waals surface area contributed by atoms with Gasteiger partial charge >= 0.3 is 33.6 Å². The van der Waals surface area contributed by atoms with Crippen LogP contribution in [0.15, 0.2) is 18.6 Å². The van der Waals surface area contributed by atoms with Crippen LogP contribution >= 0.6 is 15.6 Å². The molecule has 4 N–H and O–H groups in total. The first-order valence-corrected chi connectivity index (χ1v) is 18.5. The Bertz CT molecular complexity index is 1660. The third-order valence-electron chi connectivity index (χ3n) is 8.30. The fourth-order valence-electron chi connectivity index (χ4n) is 5.89. The summed E-state index contributed by atoms with van der Waals surface area (Å²) in [6.07, 6.45) is -6.47. The molecule has 0 aliphatic carbocycles. The van der Waals surface area contributed by atoms with Crippen LogP contribution in [-0.4, -0.2) is 113 Å². The molecule has 51 heavy (non-hydrogen) atoms. The van der Waals surface area contributed by atoms with E-state index in [0.29, 0.717) is 16.9 Å². The summed E-state index contributed by atoms with van der Waals surface area (Å²) in [4.78, 5) is 65.0. The van der Waals surface area contributed by atoms with Gasteiger partial charge in [-0.2, -0.15) is 4.31 Å². The standard InChI is InChI=1S/C28H42N4O17P2/c1-13-14(2)23(45-17(5)35)28(47-22(13)19(44-16(4)34)10-42-15(3)33)48-51(38,39)49-50(36,37)43-11-20-24(40-6)25(41-7)27(46-20)32-12-31-21-18(29)8-9-30-26(21)32/h8-9,12-14,19-20,22-25,27-28H,10-11H2,1-7H3,(H2,29,30)(H,36,37)(H,38,39)/t13-,14-,19+,20+,22?,23?,24?,25-,27+,28-/m0/s1. The number of carbonyl (C=O) groups excluding carboxylic acids is 3. The van der Waals surface area contributed by atoms with Crippen molar-refractivity contribution < 1.29 is 79.8 Å². The number of hydrogen-bond acceptors (Lipinski definition) is 18. The van der Waals surface area contributed by atoms with Crippen molar-refractivity contribution in [2.75, 3.05) is 33.2 Å². The Morgan fingerprint density at radius 2 is 1.65 bits per heavy atom. The van der Waals surface area contributed by atoms with Gasteiger partial charge in [-0.3, -0.25) is 28.0 Å². The Hall–Kier alpha value is -3.07. The predicted molar refractivity (Wildman–Crippen MR) is 170 cm³/mol. The first-order chi connectivity index (χ1) is 23.9. The van der Waals surface area contributed by atoms with E-state index >= 15 is 0 Å². The highest BCUT2D eigenvalue weighted by molar-refractivity contribution is 7.61. The van der Waals surface area contributed by atoms with E-state index in [2.05, 4.69) is 14.3 Å². The van der Waals surface area contributed by atoms with Crippen LogP contribution in [0.25, 0.3) is 11.2 Å². The fraction of sp³-hybridized carbons (Fsp3) is 0.679. The molecule has 21 nitrogen and oxygen atoms in total. The summed E-state index contributed by atoms with van der Waals surface area (Å²) in [5, 5.41) is 0. The number of nitrogens with two attached hydrogens (primary N) is 1. The molecule has 2 aromatic heterocycles. The number of pyridine rings is 1. The van der Waals surface area contributed by atoms with Crippen LogP contribution in [0.3, 0.4) is 0 Å². The van der Waals surface area contributed by atoms with Crippen molar-refractivity contribution in [1.29, 1.82) is 0 Å². The number of ether oxygens (including phenoxy) is 7. The molecule has 2 aliphatic heterocycles. The van der Waals surface area contributed by atoms with Gasteiger partial charge in [0.25, 0.3) is 0 Å². The van der Waals surface area contributed by atoms with E-state index < -0.39 is 108 Å². The number of aromatic nitrogens is 3. The highest BCUT2D eigenvalue weighted by Gasteiger charge is 2.52. The number of phosphoric ester groups is 2. The van der Waals surface area contributed by atoms with Crippen molar-refractivity contribution in [2.45, 2.75) is 83.8 Å². The molecule has 2 saturated heterocycles. The highest BCUT2D eigenvalue weighted by atomic mass is 31.3. The highest BCUT2D eigenvalue weighted by Crippen LogP contribution is 2.62. The summed E-state index contributed by atoms with van der Waals surface area (Å²) in [6, 6.07) is 1.57. The third kappa shape index (κ3) is 9.88. The molecular formula is C28H42N4O17P2. The first-order valence-electron chi connectivity index (χ1n) is 15.5. The largest absolute Gasteiger partial charge is 0.483 e. The van der Waals surface area contributed by atoms with E-state index in [9.17, 15) is 33.3 Å². The average molecular weight is 769 g/mol. The van der Waals surface area contributed by atoms with Crippen LogP contribution in [0, 0.1) is 11.8 Å². The van der Waals surface area contributed by atoms with Crippen LogP contribution in [0.2, 0.25) is 0 Å². The van der Waals surface area contributed by atoms with Gasteiger partial charge in [-0.25, -0.2) is 19.1 Å². The van der Waals surface area contributed by atoms with Gasteiger partial charge in [0.2, 0.25) is 6.29 Å². The maximum absolute atomic E-state index is 13.2. The number of rotatable bonds is 15. The normalized spacial score (nSPS) is 31.0. The van der Waals surface area contributed by atoms with E-state index in [0.717, 1.165) is 20.8 Å². The predicted octanol–water partition coefficient (Wildman–Crippen LogP) is 1.62. The Labute approximate surface area is 292 Å². The monoisotopic (exact) mass is 768 g/mol. The molecule has 0 amide bonds. The van der Waals surface area contributed by atoms with Gasteiger partial charge in [-0.05, 0) is 12.0 Å². The molecule has 5 unspecified atom stereocenters. The quantitative estimate of drug-likeness (QED) is 0.132. The van der Waals surface area contributed by atoms with Gasteiger partial charge in [-0.15, -0.1) is 0 Å². The lowest BCUT2D eigenvalue weighted by atomic mass is 9.81. The topological polar surface area (TPSA) is 275 Å². The number of fused-ring (bicyclic) bond motifs is 1. The SMILES string of the molecule is COC1[C@@H](COP(=O)(O)OP(=O)(O)O[C@@H]2OC([C@@H](COC(C)=O)OC(C)=O)[C@@H](C)[C@H](C)C2OC(C)=O)O[C@@H](n2cnc3c(N)ccnc32)[C@H]1OC. The minimum atomic E-state index is -5.59. The van der Waals surface area contributed by atoms with Crippen LogP contribution in [0.4, 0.5) is 5.69 Å². The number of methoxy groups -OCH3 is 2. The van der Waals surface area contributed by atoms with E-state index in [1.165, 1.54) is 31.3 Å². The Kier molecular flexibility index (Phi) is 13.3. The summed E-state index contributed by atoms with van der Waals surface area (Å²) < 4.78 is 81.1. The van der Waals surface area contributed by atoms with E-state index in [4.69, 9.17) is 47.9 Å². The third-order valence-corrected chi connectivity index (χ3v) is 10.9. The fourth-order valence-corrected chi connectivity index (χ4v) is 8.04. The zero-order chi connectivity index (χ0) is 37.8. The van der Waals surface area contributed by atoms with Crippen LogP contribution in [0.5, 0.6) is 0 Å². The van der Waals surface area contributed by atoms with Crippen LogP contribution < -0.4 is 5.73 Å². The summed E-state index contributed by atoms with van der Waals surface area (Å²) >= 11 is 0. The minimum Gasteiger partial charge on any atom is -0.462 e. The van der Waals surface area contributed by atoms with Crippen molar-refractivity contribution in [2.24, 2.45) is 11.8 Å². The number of esters is 3. The van der Waals surface area contributed by atoms with Gasteiger partial charge in [0.1, 0.15) is 36.5 Å². The number of nitrogen functional groups attached to an aromatic ring is 1. The van der Waals surface area contributed by atoms with Gasteiger partial charge in [0, 0.05) is 47.1 Å². The van der Waals surface area contributed by atoms with Crippen molar-refractivity contribution in [3.05, 3.63) is 18.6 Å². The second kappa shape index (κ2) is 16.7. The number of hydrogen-bond donors (Lipinski definition) is 3. The van der Waals surface area contributed by atoms with Crippen molar-refractivity contribution in [3.63, 3.8) is 0 Å². The van der Waals surface area contributed by atoms with E-state index in [1.807, 2.05) is 0 Å². The summed E-state index contributed by atoms with van der Waals surface area (Å²) in [7, 11) is -8.27. The van der Waals surface area contributed by atoms with Gasteiger partial charge in [0.15, 0.2) is 24.1 Å². The van der Waals surface area contributed by atoms with E-state index in [-0.39, 0.29) is 0 Å². The molecule has 0 bridgehead atoms. The van der Waals surface area contributed by atoms with Gasteiger partial charge < -0.3 is 48.7 Å². The minimum absolute atomic E-state index is 0.362. The van der Waals surface area contributed by atoms with E-state index in [1.54, 1.807) is 19.9 Å². The number of carbonyl (C=O) groups is 3. The number of imidazole rings is 1. The molecule has 4 rings (SSSR count). The molecule has 23 heteroatoms. The lowest BCUT2D eigenvalue weighted by Crippen LogP contribution is -2.56. The number of nitrogens with zero attached hydrogens (tertiary/aromatic N) is 3. The smallest absolute Gasteiger partial charge is 0.462 e. The van der Waals surface area contributed by atoms with Gasteiger partial charge in [0.05, 0.1) is 18.6 Å². The molecule has 0 aromatic carbocycles. The van der Waals surface area contributed by atoms with Crippen LogP contribution in [-0.2, 0) is 70.0 Å². The Morgan fingerprint density at radius 1 is 0.961 bits per heavy atom. The zero-order valence-electron chi connectivity index (χ0n) is 28.8. The summed E-state index contributed by atoms with van der Waals surface area (Å²) in [5.41, 5.74) is 7.13. The van der Waals surface area contributed by atoms with Crippen molar-refractivity contribution >= 4 is 50.4 Å². The van der Waals surface area contributed by atoms with Crippen molar-refractivity contribution in [1.82, 2.24) is 14.5 Å². The first kappa shape index (κ1) is 40.7. The molecular weight excluding hydrogens is 726 g/mol. The molecule has 2 fully saturated rings. The maximum Gasteiger partial charge on any atom is 0.483 e. The van der Waals surface area contributed by atoms with Crippen LogP contribution in [0.1, 0.15) is 40.8 Å². The lowest BCUT2D eigenvalue weighted by Gasteiger charge is -2.45. The second-order valence-corrected chi connectivity index (χ2v) is 14.8. The summed E-state index contributed by atoms with van der Waals surface area (Å²) in [6.45, 7) is 5.39. The molecule has 2 aromatic rings. The maximum atomic E-state index is 13.2. The van der Waals surface area contributed by atoms with Gasteiger partial charge in [-0.1, -0.05) is 13.8 Å². The molecule has 0 radical (unpaired) electrons. The second-order valence-electron chi connectivity index (χ2n) is 11.8. The Balaban J connectivity index is 1.49. The average Bonchev–Trinajstić information content (AvgIpc) is 3.62. The molecule has 2 aliphatic rings.